The van der Waals surface area contributed by atoms with Gasteiger partial charge in [0.15, 0.2) is 0 Å². The molecule has 150 valence electrons. The summed E-state index contributed by atoms with van der Waals surface area (Å²) in [5.41, 5.74) is -3.18. The molecule has 28 heavy (non-hydrogen) atoms. The fourth-order valence-corrected chi connectivity index (χ4v) is 2.60. The van der Waals surface area contributed by atoms with E-state index in [2.05, 4.69) is 10.1 Å². The predicted octanol–water partition coefficient (Wildman–Crippen LogP) is 3.68. The Morgan fingerprint density at radius 3 is 2.21 bits per heavy atom. The van der Waals surface area contributed by atoms with Crippen LogP contribution in [0.3, 0.4) is 0 Å². The molecule has 0 aliphatic carbocycles. The Hall–Kier alpha value is -2.58. The van der Waals surface area contributed by atoms with Crippen LogP contribution in [0.4, 0.5) is 13.2 Å². The number of ether oxygens (including phenoxy) is 1. The molecule has 0 saturated heterocycles. The predicted molar refractivity (Wildman–Crippen MR) is 97.6 cm³/mol. The van der Waals surface area contributed by atoms with Crippen LogP contribution in [0.1, 0.15) is 22.8 Å². The lowest BCUT2D eigenvalue weighted by Crippen LogP contribution is -2.72. The first-order valence-electron chi connectivity index (χ1n) is 8.31. The van der Waals surface area contributed by atoms with Gasteiger partial charge in [0.2, 0.25) is 0 Å². The number of alkyl halides is 3. The summed E-state index contributed by atoms with van der Waals surface area (Å²) in [7, 11) is 0. The Balaban J connectivity index is 2.41. The third kappa shape index (κ3) is 4.82. The molecule has 2 rings (SSSR count). The van der Waals surface area contributed by atoms with Gasteiger partial charge < -0.3 is 10.1 Å². The quantitative estimate of drug-likeness (QED) is 0.535. The van der Waals surface area contributed by atoms with Crippen molar-refractivity contribution in [3.8, 4) is 0 Å². The minimum atomic E-state index is -5.19. The Kier molecular flexibility index (Phi) is 7.04. The van der Waals surface area contributed by atoms with Crippen LogP contribution in [0.25, 0.3) is 0 Å². The Morgan fingerprint density at radius 2 is 1.64 bits per heavy atom. The SMILES string of the molecule is CCOC(=O)[C@](NCc1ccccc1Cl)(NC(=O)c1ccccc1)C(F)(F)F. The molecule has 0 saturated carbocycles. The molecule has 0 fully saturated rings. The molecule has 0 unspecified atom stereocenters. The molecule has 2 aromatic rings. The van der Waals surface area contributed by atoms with Crippen molar-refractivity contribution >= 4 is 23.5 Å². The van der Waals surface area contributed by atoms with Gasteiger partial charge in [-0.3, -0.25) is 10.1 Å². The van der Waals surface area contributed by atoms with Crippen LogP contribution in [0.5, 0.6) is 0 Å². The highest BCUT2D eigenvalue weighted by Gasteiger charge is 2.63. The fraction of sp³-hybridized carbons (Fsp3) is 0.263. The number of halogens is 4. The summed E-state index contributed by atoms with van der Waals surface area (Å²) < 4.78 is 46.7. The van der Waals surface area contributed by atoms with Gasteiger partial charge in [0, 0.05) is 17.1 Å². The number of carbonyl (C=O) groups is 2. The second-order valence-electron chi connectivity index (χ2n) is 5.73. The lowest BCUT2D eigenvalue weighted by molar-refractivity contribution is -0.219. The summed E-state index contributed by atoms with van der Waals surface area (Å²) in [6.07, 6.45) is -5.19. The van der Waals surface area contributed by atoms with Gasteiger partial charge >= 0.3 is 12.1 Å². The van der Waals surface area contributed by atoms with Crippen molar-refractivity contribution in [2.75, 3.05) is 6.61 Å². The van der Waals surface area contributed by atoms with E-state index in [1.54, 1.807) is 23.5 Å². The highest BCUT2D eigenvalue weighted by molar-refractivity contribution is 6.31. The summed E-state index contributed by atoms with van der Waals surface area (Å²) in [5.74, 6) is -2.75. The van der Waals surface area contributed by atoms with E-state index in [-0.39, 0.29) is 17.2 Å². The normalized spacial score (nSPS) is 13.5. The number of rotatable bonds is 7. The maximum Gasteiger partial charge on any atom is 0.436 e. The average molecular weight is 415 g/mol. The second kappa shape index (κ2) is 9.07. The van der Waals surface area contributed by atoms with Crippen LogP contribution in [0.15, 0.2) is 54.6 Å². The number of esters is 1. The summed E-state index contributed by atoms with van der Waals surface area (Å²) in [6.45, 7) is 0.630. The highest BCUT2D eigenvalue weighted by Crippen LogP contribution is 2.31. The van der Waals surface area contributed by atoms with Gasteiger partial charge in [-0.05, 0) is 30.7 Å². The van der Waals surface area contributed by atoms with E-state index in [4.69, 9.17) is 11.6 Å². The lowest BCUT2D eigenvalue weighted by atomic mass is 10.1. The highest BCUT2D eigenvalue weighted by atomic mass is 35.5. The van der Waals surface area contributed by atoms with E-state index >= 15 is 0 Å². The van der Waals surface area contributed by atoms with Crippen LogP contribution in [0, 0.1) is 0 Å². The van der Waals surface area contributed by atoms with E-state index in [0.717, 1.165) is 0 Å². The number of nitrogens with one attached hydrogen (secondary N) is 2. The van der Waals surface area contributed by atoms with Crippen molar-refractivity contribution in [3.63, 3.8) is 0 Å². The van der Waals surface area contributed by atoms with Gasteiger partial charge in [-0.15, -0.1) is 0 Å². The third-order valence-electron chi connectivity index (χ3n) is 3.85. The molecule has 0 aliphatic heterocycles. The Labute approximate surface area is 164 Å². The van der Waals surface area contributed by atoms with E-state index in [1.807, 2.05) is 0 Å². The number of hydrogen-bond donors (Lipinski definition) is 2. The first-order valence-corrected chi connectivity index (χ1v) is 8.69. The summed E-state index contributed by atoms with van der Waals surface area (Å²) >= 11 is 5.98. The fourth-order valence-electron chi connectivity index (χ4n) is 2.40. The molecular weight excluding hydrogens is 397 g/mol. The topological polar surface area (TPSA) is 67.4 Å². The van der Waals surface area contributed by atoms with E-state index < -0.39 is 30.3 Å². The molecule has 0 aromatic heterocycles. The largest absolute Gasteiger partial charge is 0.463 e. The van der Waals surface area contributed by atoms with E-state index in [9.17, 15) is 22.8 Å². The van der Waals surface area contributed by atoms with Crippen molar-refractivity contribution in [3.05, 3.63) is 70.7 Å². The number of benzene rings is 2. The van der Waals surface area contributed by atoms with Gasteiger partial charge in [-0.25, -0.2) is 4.79 Å². The van der Waals surface area contributed by atoms with E-state index in [1.165, 1.54) is 43.3 Å². The van der Waals surface area contributed by atoms with Crippen molar-refractivity contribution in [1.29, 1.82) is 0 Å². The molecular formula is C19H18ClF3N2O3. The van der Waals surface area contributed by atoms with Crippen molar-refractivity contribution in [2.45, 2.75) is 25.3 Å². The molecule has 0 aliphatic rings. The molecule has 1 amide bonds. The second-order valence-corrected chi connectivity index (χ2v) is 6.14. The standard InChI is InChI=1S/C19H18ClF3N2O3/c1-2-28-17(27)18(19(21,22)23,24-12-14-10-6-7-11-15(14)20)25-16(26)13-8-4-3-5-9-13/h3-11,24H,2,12H2,1H3,(H,25,26)/t18-/m0/s1. The number of amides is 1. The van der Waals surface area contributed by atoms with Crippen LogP contribution in [-0.4, -0.2) is 30.3 Å². The molecule has 0 radical (unpaired) electrons. The maximum atomic E-state index is 14.0. The van der Waals surface area contributed by atoms with Gasteiger partial charge in [0.05, 0.1) is 6.61 Å². The minimum absolute atomic E-state index is 0.0417. The Morgan fingerprint density at radius 1 is 1.04 bits per heavy atom. The summed E-state index contributed by atoms with van der Waals surface area (Å²) in [5, 5.41) is 4.08. The molecule has 0 bridgehead atoms. The summed E-state index contributed by atoms with van der Waals surface area (Å²) in [6, 6.07) is 13.5. The van der Waals surface area contributed by atoms with Gasteiger partial charge in [-0.1, -0.05) is 48.0 Å². The first kappa shape index (κ1) is 21.7. The van der Waals surface area contributed by atoms with Crippen LogP contribution in [0.2, 0.25) is 5.02 Å². The zero-order valence-corrected chi connectivity index (χ0v) is 15.6. The first-order chi connectivity index (χ1) is 13.2. The minimum Gasteiger partial charge on any atom is -0.463 e. The molecule has 2 aromatic carbocycles. The lowest BCUT2D eigenvalue weighted by Gasteiger charge is -2.35. The van der Waals surface area contributed by atoms with Crippen LogP contribution in [-0.2, 0) is 16.1 Å². The van der Waals surface area contributed by atoms with Gasteiger partial charge in [0.1, 0.15) is 0 Å². The zero-order chi connectivity index (χ0) is 20.8. The smallest absolute Gasteiger partial charge is 0.436 e. The van der Waals surface area contributed by atoms with E-state index in [0.29, 0.717) is 5.56 Å². The molecule has 1 atom stereocenters. The average Bonchev–Trinajstić information content (AvgIpc) is 2.66. The number of hydrogen-bond acceptors (Lipinski definition) is 4. The van der Waals surface area contributed by atoms with Crippen molar-refractivity contribution in [2.24, 2.45) is 0 Å². The van der Waals surface area contributed by atoms with Gasteiger partial charge in [0.25, 0.3) is 11.6 Å². The third-order valence-corrected chi connectivity index (χ3v) is 4.21. The van der Waals surface area contributed by atoms with Crippen LogP contribution >= 0.6 is 11.6 Å². The van der Waals surface area contributed by atoms with Crippen molar-refractivity contribution < 1.29 is 27.5 Å². The number of carbonyl (C=O) groups excluding carboxylic acids is 2. The zero-order valence-electron chi connectivity index (χ0n) is 14.8. The molecule has 0 heterocycles. The Bertz CT molecular complexity index is 831. The molecule has 9 heteroatoms. The summed E-state index contributed by atoms with van der Waals surface area (Å²) in [4.78, 5) is 24.7. The van der Waals surface area contributed by atoms with Crippen molar-refractivity contribution in [1.82, 2.24) is 10.6 Å². The van der Waals surface area contributed by atoms with Gasteiger partial charge in [-0.2, -0.15) is 13.2 Å². The monoisotopic (exact) mass is 414 g/mol. The maximum absolute atomic E-state index is 14.0. The molecule has 5 nitrogen and oxygen atoms in total. The van der Waals surface area contributed by atoms with Crippen LogP contribution < -0.4 is 10.6 Å². The molecule has 2 N–H and O–H groups in total. The molecule has 0 spiro atoms.